The van der Waals surface area contributed by atoms with Gasteiger partial charge in [-0.25, -0.2) is 4.39 Å². The zero-order valence-corrected chi connectivity index (χ0v) is 10.5. The SMILES string of the molecule is CC1(C(=O)O)CCN(C(=O)c2ccc(N)cc2F)C1. The summed E-state index contributed by atoms with van der Waals surface area (Å²) in [5.74, 6) is -2.13. The number of anilines is 1. The van der Waals surface area contributed by atoms with Gasteiger partial charge in [-0.1, -0.05) is 0 Å². The highest BCUT2D eigenvalue weighted by Gasteiger charge is 2.42. The maximum Gasteiger partial charge on any atom is 0.311 e. The summed E-state index contributed by atoms with van der Waals surface area (Å²) in [6.45, 7) is 1.98. The van der Waals surface area contributed by atoms with Gasteiger partial charge in [-0.15, -0.1) is 0 Å². The van der Waals surface area contributed by atoms with Crippen molar-refractivity contribution in [3.8, 4) is 0 Å². The number of carbonyl (C=O) groups is 2. The number of carboxylic acids is 1. The van der Waals surface area contributed by atoms with E-state index in [4.69, 9.17) is 10.8 Å². The number of carbonyl (C=O) groups excluding carboxylic acids is 1. The van der Waals surface area contributed by atoms with Crippen LogP contribution in [-0.4, -0.2) is 35.0 Å². The Hall–Kier alpha value is -2.11. The van der Waals surface area contributed by atoms with Crippen LogP contribution in [0.2, 0.25) is 0 Å². The second kappa shape index (κ2) is 4.53. The predicted octanol–water partition coefficient (Wildman–Crippen LogP) is 1.34. The monoisotopic (exact) mass is 266 g/mol. The maximum atomic E-state index is 13.7. The average molecular weight is 266 g/mol. The Morgan fingerprint density at radius 2 is 2.16 bits per heavy atom. The first kappa shape index (κ1) is 13.3. The van der Waals surface area contributed by atoms with Gasteiger partial charge in [0.2, 0.25) is 0 Å². The highest BCUT2D eigenvalue weighted by atomic mass is 19.1. The number of hydrogen-bond donors (Lipinski definition) is 2. The molecule has 5 nitrogen and oxygen atoms in total. The number of nitrogen functional groups attached to an aromatic ring is 1. The molecule has 1 aromatic rings. The summed E-state index contributed by atoms with van der Waals surface area (Å²) in [6.07, 6.45) is 0.366. The minimum Gasteiger partial charge on any atom is -0.481 e. The van der Waals surface area contributed by atoms with Crippen LogP contribution in [0.25, 0.3) is 0 Å². The molecule has 1 fully saturated rings. The summed E-state index contributed by atoms with van der Waals surface area (Å²) >= 11 is 0. The zero-order chi connectivity index (χ0) is 14.2. The van der Waals surface area contributed by atoms with Crippen molar-refractivity contribution < 1.29 is 19.1 Å². The molecule has 3 N–H and O–H groups in total. The van der Waals surface area contributed by atoms with Gasteiger partial charge in [0.1, 0.15) is 5.82 Å². The molecule has 6 heteroatoms. The average Bonchev–Trinajstić information content (AvgIpc) is 2.73. The number of nitrogens with two attached hydrogens (primary N) is 1. The highest BCUT2D eigenvalue weighted by molar-refractivity contribution is 5.95. The Kier molecular flexibility index (Phi) is 3.18. The standard InChI is InChI=1S/C13H15FN2O3/c1-13(12(18)19)4-5-16(7-13)11(17)9-3-2-8(15)6-10(9)14/h2-3,6H,4-5,7,15H2,1H3,(H,18,19). The van der Waals surface area contributed by atoms with Gasteiger partial charge in [0, 0.05) is 18.8 Å². The van der Waals surface area contributed by atoms with Gasteiger partial charge in [-0.2, -0.15) is 0 Å². The minimum atomic E-state index is -0.958. The Balaban J connectivity index is 2.20. The summed E-state index contributed by atoms with van der Waals surface area (Å²) in [7, 11) is 0. The molecule has 1 atom stereocenters. The Morgan fingerprint density at radius 1 is 1.47 bits per heavy atom. The molecule has 0 saturated carbocycles. The normalized spacial score (nSPS) is 22.5. The lowest BCUT2D eigenvalue weighted by Crippen LogP contribution is -2.35. The van der Waals surface area contributed by atoms with Crippen molar-refractivity contribution >= 4 is 17.6 Å². The Labute approximate surface area is 109 Å². The molecule has 0 aliphatic carbocycles. The Bertz CT molecular complexity index is 547. The van der Waals surface area contributed by atoms with Crippen molar-refractivity contribution in [1.82, 2.24) is 4.90 Å². The molecule has 0 bridgehead atoms. The number of hydrogen-bond acceptors (Lipinski definition) is 3. The van der Waals surface area contributed by atoms with E-state index >= 15 is 0 Å². The summed E-state index contributed by atoms with van der Waals surface area (Å²) in [4.78, 5) is 24.6. The third kappa shape index (κ3) is 2.38. The summed E-state index contributed by atoms with van der Waals surface area (Å²) in [5.41, 5.74) is 4.62. The first-order valence-corrected chi connectivity index (χ1v) is 5.91. The molecule has 1 aliphatic rings. The van der Waals surface area contributed by atoms with Gasteiger partial charge >= 0.3 is 5.97 Å². The largest absolute Gasteiger partial charge is 0.481 e. The van der Waals surface area contributed by atoms with E-state index in [1.165, 1.54) is 17.0 Å². The fourth-order valence-corrected chi connectivity index (χ4v) is 2.18. The molecule has 102 valence electrons. The molecular formula is C13H15FN2O3. The third-order valence-electron chi connectivity index (χ3n) is 3.50. The summed E-state index contributed by atoms with van der Waals surface area (Å²) in [5, 5.41) is 9.11. The van der Waals surface area contributed by atoms with Crippen LogP contribution < -0.4 is 5.73 Å². The molecule has 19 heavy (non-hydrogen) atoms. The lowest BCUT2D eigenvalue weighted by Gasteiger charge is -2.20. The number of amides is 1. The molecule has 1 aromatic carbocycles. The predicted molar refractivity (Wildman–Crippen MR) is 67.1 cm³/mol. The highest BCUT2D eigenvalue weighted by Crippen LogP contribution is 2.31. The van der Waals surface area contributed by atoms with Crippen molar-refractivity contribution in [2.24, 2.45) is 5.41 Å². The van der Waals surface area contributed by atoms with E-state index in [1.807, 2.05) is 0 Å². The van der Waals surface area contributed by atoms with Crippen molar-refractivity contribution in [1.29, 1.82) is 0 Å². The number of benzene rings is 1. The van der Waals surface area contributed by atoms with Gasteiger partial charge in [0.15, 0.2) is 0 Å². The molecule has 1 amide bonds. The topological polar surface area (TPSA) is 83.6 Å². The van der Waals surface area contributed by atoms with Crippen molar-refractivity contribution in [2.45, 2.75) is 13.3 Å². The molecule has 1 aliphatic heterocycles. The number of likely N-dealkylation sites (tertiary alicyclic amines) is 1. The van der Waals surface area contributed by atoms with Crippen molar-refractivity contribution in [2.75, 3.05) is 18.8 Å². The number of nitrogens with zero attached hydrogens (tertiary/aromatic N) is 1. The molecule has 2 rings (SSSR count). The van der Waals surface area contributed by atoms with Crippen LogP contribution in [0.15, 0.2) is 18.2 Å². The number of carboxylic acid groups (broad SMARTS) is 1. The molecule has 1 unspecified atom stereocenters. The van der Waals surface area contributed by atoms with Crippen LogP contribution in [0.1, 0.15) is 23.7 Å². The van der Waals surface area contributed by atoms with E-state index in [0.717, 1.165) is 6.07 Å². The third-order valence-corrected chi connectivity index (χ3v) is 3.50. The van der Waals surface area contributed by atoms with Crippen LogP contribution in [0.4, 0.5) is 10.1 Å². The minimum absolute atomic E-state index is 0.0798. The molecule has 1 saturated heterocycles. The van der Waals surface area contributed by atoms with E-state index in [9.17, 15) is 14.0 Å². The first-order valence-electron chi connectivity index (χ1n) is 5.91. The summed E-state index contributed by atoms with van der Waals surface area (Å²) in [6, 6.07) is 3.85. The van der Waals surface area contributed by atoms with Gasteiger partial charge in [-0.05, 0) is 31.5 Å². The van der Waals surface area contributed by atoms with Crippen LogP contribution in [0, 0.1) is 11.2 Å². The molecule has 0 spiro atoms. The number of aliphatic carboxylic acids is 1. The van der Waals surface area contributed by atoms with Gasteiger partial charge < -0.3 is 15.7 Å². The molecule has 0 radical (unpaired) electrons. The van der Waals surface area contributed by atoms with Crippen LogP contribution in [0.5, 0.6) is 0 Å². The molecule has 1 heterocycles. The van der Waals surface area contributed by atoms with Gasteiger partial charge in [-0.3, -0.25) is 9.59 Å². The van der Waals surface area contributed by atoms with E-state index in [0.29, 0.717) is 13.0 Å². The first-order chi connectivity index (χ1) is 8.83. The van der Waals surface area contributed by atoms with E-state index < -0.39 is 23.1 Å². The van der Waals surface area contributed by atoms with E-state index in [2.05, 4.69) is 0 Å². The maximum absolute atomic E-state index is 13.7. The van der Waals surface area contributed by atoms with Crippen LogP contribution in [-0.2, 0) is 4.79 Å². The number of halogens is 1. The smallest absolute Gasteiger partial charge is 0.311 e. The lowest BCUT2D eigenvalue weighted by atomic mass is 9.90. The zero-order valence-electron chi connectivity index (χ0n) is 10.5. The summed E-state index contributed by atoms with van der Waals surface area (Å²) < 4.78 is 13.7. The molecular weight excluding hydrogens is 251 g/mol. The van der Waals surface area contributed by atoms with Crippen LogP contribution >= 0.6 is 0 Å². The lowest BCUT2D eigenvalue weighted by molar-refractivity contribution is -0.147. The fraction of sp³-hybridized carbons (Fsp3) is 0.385. The Morgan fingerprint density at radius 3 is 2.68 bits per heavy atom. The van der Waals surface area contributed by atoms with Gasteiger partial charge in [0.25, 0.3) is 5.91 Å². The van der Waals surface area contributed by atoms with Crippen molar-refractivity contribution in [3.05, 3.63) is 29.6 Å². The fourth-order valence-electron chi connectivity index (χ4n) is 2.18. The quantitative estimate of drug-likeness (QED) is 0.791. The number of rotatable bonds is 2. The molecule has 0 aromatic heterocycles. The van der Waals surface area contributed by atoms with E-state index in [-0.39, 0.29) is 17.8 Å². The van der Waals surface area contributed by atoms with Gasteiger partial charge in [0.05, 0.1) is 11.0 Å². The second-order valence-corrected chi connectivity index (χ2v) is 5.08. The van der Waals surface area contributed by atoms with E-state index in [1.54, 1.807) is 6.92 Å². The van der Waals surface area contributed by atoms with Crippen molar-refractivity contribution in [3.63, 3.8) is 0 Å². The van der Waals surface area contributed by atoms with Crippen LogP contribution in [0.3, 0.4) is 0 Å². The second-order valence-electron chi connectivity index (χ2n) is 5.08.